The Morgan fingerprint density at radius 1 is 1.15 bits per heavy atom. The number of nitrogens with one attached hydrogen (secondary N) is 1. The van der Waals surface area contributed by atoms with E-state index in [1.807, 2.05) is 0 Å². The molecule has 20 heavy (non-hydrogen) atoms. The lowest BCUT2D eigenvalue weighted by Crippen LogP contribution is -2.13. The summed E-state index contributed by atoms with van der Waals surface area (Å²) in [5, 5.41) is 2.61. The van der Waals surface area contributed by atoms with Crippen molar-refractivity contribution in [3.05, 3.63) is 53.9 Å². The molecule has 104 valence electrons. The molecule has 4 nitrogen and oxygen atoms in total. The number of aromatic nitrogens is 1. The van der Waals surface area contributed by atoms with E-state index >= 15 is 0 Å². The van der Waals surface area contributed by atoms with Gasteiger partial charge in [0.25, 0.3) is 5.91 Å². The van der Waals surface area contributed by atoms with Crippen molar-refractivity contribution in [3.63, 3.8) is 0 Å². The van der Waals surface area contributed by atoms with Crippen LogP contribution in [0.3, 0.4) is 0 Å². The Balaban J connectivity index is 2.28. The van der Waals surface area contributed by atoms with Crippen molar-refractivity contribution in [3.8, 4) is 0 Å². The first kappa shape index (κ1) is 13.9. The largest absolute Gasteiger partial charge is 0.418 e. The number of carbonyl (C=O) groups excluding carboxylic acids is 1. The number of benzene rings is 1. The molecule has 7 heteroatoms. The lowest BCUT2D eigenvalue weighted by molar-refractivity contribution is -0.136. The van der Waals surface area contributed by atoms with E-state index in [1.165, 1.54) is 36.5 Å². The maximum absolute atomic E-state index is 12.8. The molecule has 0 bridgehead atoms. The molecule has 0 fully saturated rings. The molecule has 1 aromatic heterocycles. The second kappa shape index (κ2) is 5.20. The van der Waals surface area contributed by atoms with Crippen LogP contribution in [0, 0.1) is 0 Å². The van der Waals surface area contributed by atoms with Gasteiger partial charge in [-0.2, -0.15) is 13.2 Å². The minimum absolute atomic E-state index is 0.0413. The van der Waals surface area contributed by atoms with E-state index in [9.17, 15) is 18.0 Å². The molecule has 0 atom stereocenters. The summed E-state index contributed by atoms with van der Waals surface area (Å²) in [6.07, 6.45) is -3.21. The fraction of sp³-hybridized carbons (Fsp3) is 0.0769. The van der Waals surface area contributed by atoms with Crippen molar-refractivity contribution in [1.82, 2.24) is 4.98 Å². The SMILES string of the molecule is NC(=O)c1ccc(Nc2ccccc2C(F)(F)F)cn1. The molecule has 0 spiro atoms. The number of nitrogens with two attached hydrogens (primary N) is 1. The number of para-hydroxylation sites is 1. The van der Waals surface area contributed by atoms with Gasteiger partial charge in [-0.1, -0.05) is 12.1 Å². The van der Waals surface area contributed by atoms with Gasteiger partial charge in [0.15, 0.2) is 0 Å². The van der Waals surface area contributed by atoms with E-state index in [4.69, 9.17) is 5.73 Å². The molecule has 0 radical (unpaired) electrons. The van der Waals surface area contributed by atoms with E-state index in [-0.39, 0.29) is 11.4 Å². The van der Waals surface area contributed by atoms with Crippen LogP contribution < -0.4 is 11.1 Å². The number of primary amides is 1. The van der Waals surface area contributed by atoms with Crippen molar-refractivity contribution in [2.75, 3.05) is 5.32 Å². The predicted octanol–water partition coefficient (Wildman–Crippen LogP) is 2.94. The fourth-order valence-corrected chi connectivity index (χ4v) is 1.61. The van der Waals surface area contributed by atoms with E-state index < -0.39 is 17.6 Å². The van der Waals surface area contributed by atoms with Crippen molar-refractivity contribution in [2.24, 2.45) is 5.73 Å². The number of pyridine rings is 1. The standard InChI is InChI=1S/C13H10F3N3O/c14-13(15,16)9-3-1-2-4-10(9)19-8-5-6-11(12(17)20)18-7-8/h1-7,19H,(H2,17,20). The van der Waals surface area contributed by atoms with Gasteiger partial charge in [-0.3, -0.25) is 4.79 Å². The van der Waals surface area contributed by atoms with Gasteiger partial charge in [0.05, 0.1) is 23.1 Å². The van der Waals surface area contributed by atoms with Gasteiger partial charge in [-0.25, -0.2) is 4.98 Å². The highest BCUT2D eigenvalue weighted by atomic mass is 19.4. The lowest BCUT2D eigenvalue weighted by atomic mass is 10.1. The van der Waals surface area contributed by atoms with Gasteiger partial charge in [0, 0.05) is 0 Å². The number of rotatable bonds is 3. The Labute approximate surface area is 112 Å². The molecule has 0 aliphatic rings. The van der Waals surface area contributed by atoms with Crippen molar-refractivity contribution in [2.45, 2.75) is 6.18 Å². The third kappa shape index (κ3) is 3.05. The third-order valence-electron chi connectivity index (χ3n) is 2.53. The second-order valence-corrected chi connectivity index (χ2v) is 3.96. The number of anilines is 2. The van der Waals surface area contributed by atoms with Crippen molar-refractivity contribution >= 4 is 17.3 Å². The van der Waals surface area contributed by atoms with Crippen LogP contribution in [0.4, 0.5) is 24.5 Å². The van der Waals surface area contributed by atoms with E-state index in [1.54, 1.807) is 0 Å². The van der Waals surface area contributed by atoms with Gasteiger partial charge in [0.1, 0.15) is 5.69 Å². The van der Waals surface area contributed by atoms with Gasteiger partial charge < -0.3 is 11.1 Å². The molecule has 0 aliphatic heterocycles. The maximum atomic E-state index is 12.8. The highest BCUT2D eigenvalue weighted by Crippen LogP contribution is 2.35. The topological polar surface area (TPSA) is 68.0 Å². The molecule has 0 saturated heterocycles. The highest BCUT2D eigenvalue weighted by molar-refractivity contribution is 5.90. The Bertz CT molecular complexity index is 624. The van der Waals surface area contributed by atoms with Gasteiger partial charge in [-0.05, 0) is 24.3 Å². The average molecular weight is 281 g/mol. The van der Waals surface area contributed by atoms with Crippen LogP contribution in [0.25, 0.3) is 0 Å². The number of alkyl halides is 3. The molecular formula is C13H10F3N3O. The first-order valence-corrected chi connectivity index (χ1v) is 5.57. The summed E-state index contributed by atoms with van der Waals surface area (Å²) in [5.41, 5.74) is 4.53. The zero-order valence-electron chi connectivity index (χ0n) is 10.1. The zero-order valence-corrected chi connectivity index (χ0v) is 10.1. The number of halogens is 3. The minimum atomic E-state index is -4.45. The molecule has 0 unspecified atom stereocenters. The van der Waals surface area contributed by atoms with E-state index in [2.05, 4.69) is 10.3 Å². The first-order valence-electron chi connectivity index (χ1n) is 5.57. The number of amides is 1. The zero-order chi connectivity index (χ0) is 14.8. The Kier molecular flexibility index (Phi) is 3.60. The maximum Gasteiger partial charge on any atom is 0.418 e. The van der Waals surface area contributed by atoms with Crippen molar-refractivity contribution < 1.29 is 18.0 Å². The Morgan fingerprint density at radius 3 is 2.40 bits per heavy atom. The summed E-state index contributed by atoms with van der Waals surface area (Å²) < 4.78 is 38.4. The summed E-state index contributed by atoms with van der Waals surface area (Å²) in [6, 6.07) is 7.85. The van der Waals surface area contributed by atoms with E-state index in [0.717, 1.165) is 6.07 Å². The molecule has 0 aliphatic carbocycles. The summed E-state index contributed by atoms with van der Waals surface area (Å²) in [6.45, 7) is 0. The number of carbonyl (C=O) groups is 1. The Morgan fingerprint density at radius 2 is 1.85 bits per heavy atom. The average Bonchev–Trinajstić information content (AvgIpc) is 2.38. The third-order valence-corrected chi connectivity index (χ3v) is 2.53. The monoisotopic (exact) mass is 281 g/mol. The molecule has 0 saturated carbocycles. The number of nitrogens with zero attached hydrogens (tertiary/aromatic N) is 1. The quantitative estimate of drug-likeness (QED) is 0.908. The summed E-state index contributed by atoms with van der Waals surface area (Å²) >= 11 is 0. The summed E-state index contributed by atoms with van der Waals surface area (Å²) in [7, 11) is 0. The summed E-state index contributed by atoms with van der Waals surface area (Å²) in [4.78, 5) is 14.6. The molecular weight excluding hydrogens is 271 g/mol. The minimum Gasteiger partial charge on any atom is -0.364 e. The van der Waals surface area contributed by atoms with Crippen LogP contribution in [0.5, 0.6) is 0 Å². The highest BCUT2D eigenvalue weighted by Gasteiger charge is 2.33. The lowest BCUT2D eigenvalue weighted by Gasteiger charge is -2.14. The molecule has 2 aromatic rings. The molecule has 1 heterocycles. The molecule has 1 aromatic carbocycles. The second-order valence-electron chi connectivity index (χ2n) is 3.96. The molecule has 2 rings (SSSR count). The number of hydrogen-bond donors (Lipinski definition) is 2. The molecule has 3 N–H and O–H groups in total. The molecule has 1 amide bonds. The Hall–Kier alpha value is -2.57. The van der Waals surface area contributed by atoms with Gasteiger partial charge in [0.2, 0.25) is 0 Å². The van der Waals surface area contributed by atoms with Crippen LogP contribution in [0.15, 0.2) is 42.6 Å². The fourth-order valence-electron chi connectivity index (χ4n) is 1.61. The normalized spacial score (nSPS) is 11.2. The summed E-state index contributed by atoms with van der Waals surface area (Å²) in [5.74, 6) is -0.702. The predicted molar refractivity (Wildman–Crippen MR) is 67.5 cm³/mol. The van der Waals surface area contributed by atoms with E-state index in [0.29, 0.717) is 5.69 Å². The van der Waals surface area contributed by atoms with Gasteiger partial charge >= 0.3 is 6.18 Å². The first-order chi connectivity index (χ1) is 9.38. The van der Waals surface area contributed by atoms with Crippen LogP contribution in [-0.2, 0) is 6.18 Å². The smallest absolute Gasteiger partial charge is 0.364 e. The van der Waals surface area contributed by atoms with Crippen LogP contribution >= 0.6 is 0 Å². The van der Waals surface area contributed by atoms with Crippen LogP contribution in [0.1, 0.15) is 16.1 Å². The van der Waals surface area contributed by atoms with Crippen LogP contribution in [0.2, 0.25) is 0 Å². The van der Waals surface area contributed by atoms with Gasteiger partial charge in [-0.15, -0.1) is 0 Å². The van der Waals surface area contributed by atoms with Crippen LogP contribution in [-0.4, -0.2) is 10.9 Å². The number of hydrogen-bond acceptors (Lipinski definition) is 3. The van der Waals surface area contributed by atoms with Crippen molar-refractivity contribution in [1.29, 1.82) is 0 Å².